The van der Waals surface area contributed by atoms with Gasteiger partial charge in [-0.15, -0.1) is 0 Å². The molecule has 24 heavy (non-hydrogen) atoms. The lowest BCUT2D eigenvalue weighted by Gasteiger charge is -2.16. The molecule has 2 aromatic carbocycles. The molecule has 1 atom stereocenters. The van der Waals surface area contributed by atoms with Gasteiger partial charge in [-0.05, 0) is 50.1 Å². The van der Waals surface area contributed by atoms with Crippen molar-refractivity contribution < 1.29 is 18.7 Å². The second kappa shape index (κ2) is 7.81. The van der Waals surface area contributed by atoms with Crippen molar-refractivity contribution in [3.63, 3.8) is 0 Å². The third-order valence-corrected chi connectivity index (χ3v) is 3.74. The van der Waals surface area contributed by atoms with Crippen LogP contribution in [0.5, 0.6) is 11.5 Å². The summed E-state index contributed by atoms with van der Waals surface area (Å²) in [5, 5.41) is 2.79. The van der Waals surface area contributed by atoms with Gasteiger partial charge in [0.15, 0.2) is 18.2 Å². The molecule has 0 spiro atoms. The number of rotatable bonds is 6. The van der Waals surface area contributed by atoms with Crippen LogP contribution in [0.3, 0.4) is 0 Å². The topological polar surface area (TPSA) is 47.6 Å². The highest BCUT2D eigenvalue weighted by atomic mass is 19.1. The van der Waals surface area contributed by atoms with E-state index in [-0.39, 0.29) is 24.3 Å². The normalized spacial score (nSPS) is 11.7. The fraction of sp³-hybridized carbons (Fsp3) is 0.316. The molecule has 2 rings (SSSR count). The quantitative estimate of drug-likeness (QED) is 0.878. The minimum absolute atomic E-state index is 0.0904. The molecule has 1 amide bonds. The number of carbonyl (C=O) groups excluding carboxylic acids is 1. The van der Waals surface area contributed by atoms with E-state index >= 15 is 0 Å². The Bertz CT molecular complexity index is 731. The first-order chi connectivity index (χ1) is 11.4. The van der Waals surface area contributed by atoms with Crippen LogP contribution in [-0.4, -0.2) is 19.6 Å². The average Bonchev–Trinajstić information content (AvgIpc) is 2.53. The Hall–Kier alpha value is -2.56. The van der Waals surface area contributed by atoms with Gasteiger partial charge in [-0.3, -0.25) is 4.79 Å². The number of hydrogen-bond acceptors (Lipinski definition) is 3. The van der Waals surface area contributed by atoms with Crippen molar-refractivity contribution in [2.45, 2.75) is 26.8 Å². The zero-order valence-corrected chi connectivity index (χ0v) is 14.4. The molecule has 4 nitrogen and oxygen atoms in total. The fourth-order valence-electron chi connectivity index (χ4n) is 2.42. The number of benzene rings is 2. The van der Waals surface area contributed by atoms with E-state index in [0.29, 0.717) is 11.3 Å². The second-order valence-electron chi connectivity index (χ2n) is 5.74. The highest BCUT2D eigenvalue weighted by molar-refractivity contribution is 5.78. The van der Waals surface area contributed by atoms with Gasteiger partial charge in [0.05, 0.1) is 13.2 Å². The van der Waals surface area contributed by atoms with Crippen molar-refractivity contribution >= 4 is 5.91 Å². The van der Waals surface area contributed by atoms with Crippen LogP contribution in [0.1, 0.15) is 29.7 Å². The number of halogens is 1. The molecule has 0 saturated carbocycles. The Morgan fingerprint density at radius 3 is 2.50 bits per heavy atom. The Morgan fingerprint density at radius 1 is 1.17 bits per heavy atom. The van der Waals surface area contributed by atoms with Crippen LogP contribution in [-0.2, 0) is 4.79 Å². The van der Waals surface area contributed by atoms with E-state index in [1.807, 2.05) is 32.0 Å². The van der Waals surface area contributed by atoms with E-state index in [2.05, 4.69) is 5.32 Å². The van der Waals surface area contributed by atoms with E-state index in [4.69, 9.17) is 9.47 Å². The maximum absolute atomic E-state index is 13.7. The molecule has 0 aliphatic rings. The molecule has 0 bridgehead atoms. The van der Waals surface area contributed by atoms with Gasteiger partial charge in [-0.25, -0.2) is 4.39 Å². The summed E-state index contributed by atoms with van der Waals surface area (Å²) in [7, 11) is 1.41. The molecular formula is C19H22FNO3. The monoisotopic (exact) mass is 331 g/mol. The molecule has 5 heteroatoms. The Morgan fingerprint density at radius 2 is 1.88 bits per heavy atom. The summed E-state index contributed by atoms with van der Waals surface area (Å²) in [6.45, 7) is 5.63. The van der Waals surface area contributed by atoms with Crippen LogP contribution in [0.15, 0.2) is 36.4 Å². The van der Waals surface area contributed by atoms with Gasteiger partial charge in [-0.1, -0.05) is 23.8 Å². The zero-order chi connectivity index (χ0) is 17.7. The van der Waals surface area contributed by atoms with Crippen LogP contribution >= 0.6 is 0 Å². The highest BCUT2D eigenvalue weighted by Gasteiger charge is 2.13. The molecule has 0 radical (unpaired) electrons. The Balaban J connectivity index is 1.93. The second-order valence-corrected chi connectivity index (χ2v) is 5.74. The third-order valence-electron chi connectivity index (χ3n) is 3.74. The number of methoxy groups -OCH3 is 1. The number of amides is 1. The van der Waals surface area contributed by atoms with Gasteiger partial charge in [0.25, 0.3) is 5.91 Å². The first kappa shape index (κ1) is 17.8. The Labute approximate surface area is 141 Å². The largest absolute Gasteiger partial charge is 0.494 e. The first-order valence-corrected chi connectivity index (χ1v) is 7.73. The van der Waals surface area contributed by atoms with E-state index in [9.17, 15) is 9.18 Å². The van der Waals surface area contributed by atoms with Crippen LogP contribution in [0, 0.1) is 19.7 Å². The van der Waals surface area contributed by atoms with Gasteiger partial charge in [0.2, 0.25) is 0 Å². The van der Waals surface area contributed by atoms with Gasteiger partial charge >= 0.3 is 0 Å². The molecule has 2 aromatic rings. The summed E-state index contributed by atoms with van der Waals surface area (Å²) < 4.78 is 24.2. The minimum Gasteiger partial charge on any atom is -0.494 e. The molecule has 128 valence electrons. The molecule has 0 saturated heterocycles. The maximum Gasteiger partial charge on any atom is 0.258 e. The van der Waals surface area contributed by atoms with Crippen LogP contribution in [0.2, 0.25) is 0 Å². The van der Waals surface area contributed by atoms with Crippen LogP contribution in [0.25, 0.3) is 0 Å². The zero-order valence-electron chi connectivity index (χ0n) is 14.4. The molecule has 0 fully saturated rings. The van der Waals surface area contributed by atoms with Crippen molar-refractivity contribution in [1.82, 2.24) is 5.32 Å². The van der Waals surface area contributed by atoms with Crippen molar-refractivity contribution in [3.05, 3.63) is 58.9 Å². The van der Waals surface area contributed by atoms with E-state index < -0.39 is 5.82 Å². The predicted molar refractivity (Wildman–Crippen MR) is 90.9 cm³/mol. The molecule has 1 unspecified atom stereocenters. The molecule has 0 aromatic heterocycles. The van der Waals surface area contributed by atoms with E-state index in [0.717, 1.165) is 11.1 Å². The standard InChI is InChI=1S/C19H22FNO3/c1-12-5-7-17(13(2)9-12)24-11-19(22)21-14(3)15-6-8-18(23-4)16(20)10-15/h5-10,14H,11H2,1-4H3,(H,21,22). The van der Waals surface area contributed by atoms with Crippen molar-refractivity contribution in [3.8, 4) is 11.5 Å². The number of aryl methyl sites for hydroxylation is 2. The average molecular weight is 331 g/mol. The van der Waals surface area contributed by atoms with Gasteiger partial charge < -0.3 is 14.8 Å². The summed E-state index contributed by atoms with van der Waals surface area (Å²) in [5.74, 6) is 0.135. The minimum atomic E-state index is -0.456. The summed E-state index contributed by atoms with van der Waals surface area (Å²) in [6.07, 6.45) is 0. The number of hydrogen-bond donors (Lipinski definition) is 1. The van der Waals surface area contributed by atoms with Crippen molar-refractivity contribution in [2.24, 2.45) is 0 Å². The first-order valence-electron chi connectivity index (χ1n) is 7.73. The maximum atomic E-state index is 13.7. The highest BCUT2D eigenvalue weighted by Crippen LogP contribution is 2.22. The molecule has 0 aliphatic carbocycles. The Kier molecular flexibility index (Phi) is 5.79. The van der Waals surface area contributed by atoms with Crippen molar-refractivity contribution in [1.29, 1.82) is 0 Å². The lowest BCUT2D eigenvalue weighted by molar-refractivity contribution is -0.123. The number of carbonyl (C=O) groups is 1. The van der Waals surface area contributed by atoms with Crippen molar-refractivity contribution in [2.75, 3.05) is 13.7 Å². The molecular weight excluding hydrogens is 309 g/mol. The summed E-state index contributed by atoms with van der Waals surface area (Å²) >= 11 is 0. The van der Waals surface area contributed by atoms with E-state index in [1.54, 1.807) is 19.1 Å². The van der Waals surface area contributed by atoms with E-state index in [1.165, 1.54) is 13.2 Å². The lowest BCUT2D eigenvalue weighted by Crippen LogP contribution is -2.31. The SMILES string of the molecule is COc1ccc(C(C)NC(=O)COc2ccc(C)cc2C)cc1F. The summed E-state index contributed by atoms with van der Waals surface area (Å²) in [4.78, 5) is 12.0. The molecule has 0 aliphatic heterocycles. The number of nitrogens with one attached hydrogen (secondary N) is 1. The van der Waals surface area contributed by atoms with Crippen LogP contribution in [0.4, 0.5) is 4.39 Å². The smallest absolute Gasteiger partial charge is 0.258 e. The van der Waals surface area contributed by atoms with Crippen LogP contribution < -0.4 is 14.8 Å². The third kappa shape index (κ3) is 4.47. The molecule has 1 N–H and O–H groups in total. The van der Waals surface area contributed by atoms with Gasteiger partial charge in [0, 0.05) is 0 Å². The fourth-order valence-corrected chi connectivity index (χ4v) is 2.42. The number of ether oxygens (including phenoxy) is 2. The molecule has 0 heterocycles. The predicted octanol–water partition coefficient (Wildman–Crippen LogP) is 3.71. The van der Waals surface area contributed by atoms with Gasteiger partial charge in [-0.2, -0.15) is 0 Å². The summed E-state index contributed by atoms with van der Waals surface area (Å²) in [6, 6.07) is 10.1. The lowest BCUT2D eigenvalue weighted by atomic mass is 10.1. The summed E-state index contributed by atoms with van der Waals surface area (Å²) in [5.41, 5.74) is 2.78. The van der Waals surface area contributed by atoms with Gasteiger partial charge in [0.1, 0.15) is 5.75 Å².